The highest BCUT2D eigenvalue weighted by Gasteiger charge is 2.23. The summed E-state index contributed by atoms with van der Waals surface area (Å²) in [7, 11) is 0.333. The van der Waals surface area contributed by atoms with Crippen LogP contribution >= 0.6 is 9.18 Å². The van der Waals surface area contributed by atoms with E-state index in [-0.39, 0.29) is 142 Å². The first-order valence-electron chi connectivity index (χ1n) is 40.8. The minimum absolute atomic E-state index is 0. The maximum Gasteiger partial charge on any atom is 0.347 e. The number of carbonyl (C=O) groups is 7. The lowest BCUT2D eigenvalue weighted by Crippen LogP contribution is -2.21. The second kappa shape index (κ2) is 53.1. The van der Waals surface area contributed by atoms with Crippen molar-refractivity contribution in [3.63, 3.8) is 0 Å². The van der Waals surface area contributed by atoms with Crippen molar-refractivity contribution in [3.8, 4) is 0 Å². The van der Waals surface area contributed by atoms with Crippen LogP contribution in [0.25, 0.3) is 56.2 Å². The van der Waals surface area contributed by atoms with Gasteiger partial charge in [-0.1, -0.05) is 83.6 Å². The van der Waals surface area contributed by atoms with Crippen molar-refractivity contribution in [2.24, 2.45) is 0 Å². The van der Waals surface area contributed by atoms with Crippen LogP contribution in [0.2, 0.25) is 0 Å². The van der Waals surface area contributed by atoms with Crippen LogP contribution in [0.4, 0.5) is 34.1 Å². The predicted octanol–water partition coefficient (Wildman–Crippen LogP) is 16.7. The number of nitrogens with one attached hydrogen (secondary N) is 2. The number of non-ortho nitro benzene ring substituents is 2. The molecule has 6 aromatic carbocycles. The van der Waals surface area contributed by atoms with Gasteiger partial charge in [0.15, 0.2) is 11.6 Å². The molecule has 0 aliphatic heterocycles. The minimum atomic E-state index is -0.718. The summed E-state index contributed by atoms with van der Waals surface area (Å²) < 4.78 is 48.2. The van der Waals surface area contributed by atoms with Crippen LogP contribution in [0.5, 0.6) is 0 Å². The number of hydrogen-bond acceptors (Lipinski definition) is 28. The molecule has 0 aliphatic carbocycles. The lowest BCUT2D eigenvalue weighted by molar-refractivity contribution is -0.383. The third-order valence-electron chi connectivity index (χ3n) is 19.5. The molecule has 3 N–H and O–H groups in total. The molecule has 0 saturated heterocycles. The Morgan fingerprint density at radius 1 is 0.508 bits per heavy atom. The molecule has 10 rings (SSSR count). The van der Waals surface area contributed by atoms with Gasteiger partial charge in [-0.3, -0.25) is 44.2 Å². The van der Waals surface area contributed by atoms with Crippen molar-refractivity contribution in [1.29, 1.82) is 1.28 Å². The van der Waals surface area contributed by atoms with Gasteiger partial charge in [0.05, 0.1) is 42.1 Å². The summed E-state index contributed by atoms with van der Waals surface area (Å²) in [5.74, 6) is -2.30. The SMILES string of the molecule is C.C.CCN(CC)c1ccc2cc(C(=O)CCCOCCOC(=O)C(/C=C/c3ccc(NC(=O)CCCCCCc4ccc([N+](=O)[O-])c5nonc45)cc3)=C/C=O)c(=O)oc2c1.CCN(CC)c1ccc2cc(C(=O)CCCOCCOC(=O)C(/C=C/c3ccc(NC(=O)CCCCCCc4ccc([N+](=O)[O-])c5nonc45)cc3)=C/CO)c(=O)oc2c1.[2H]PC. The monoisotopic (exact) mass is 1730 g/mol. The van der Waals surface area contributed by atoms with Crippen LogP contribution in [-0.4, -0.2) is 158 Å². The summed E-state index contributed by atoms with van der Waals surface area (Å²) in [6.07, 6.45) is 18.5. The Morgan fingerprint density at radius 3 is 1.30 bits per heavy atom. The van der Waals surface area contributed by atoms with Gasteiger partial charge in [0, 0.05) is 123 Å². The summed E-state index contributed by atoms with van der Waals surface area (Å²) in [6.45, 7) is 13.3. The van der Waals surface area contributed by atoms with Crippen LogP contribution in [0.1, 0.15) is 175 Å². The van der Waals surface area contributed by atoms with Crippen LogP contribution < -0.4 is 31.7 Å². The molecule has 660 valence electrons. The topological polar surface area (TPSA) is 432 Å². The van der Waals surface area contributed by atoms with E-state index in [2.05, 4.69) is 41.1 Å². The number of Topliss-reactive ketones (excluding diaryl/α,β-unsaturated/α-hetero) is 2. The number of esters is 2. The van der Waals surface area contributed by atoms with E-state index in [0.29, 0.717) is 117 Å². The molecule has 4 aromatic heterocycles. The molecule has 4 heterocycles. The Hall–Kier alpha value is -12.9. The molecule has 0 aliphatic rings. The average Bonchev–Trinajstić information content (AvgIpc) is 0.985. The van der Waals surface area contributed by atoms with Crippen molar-refractivity contribution in [2.75, 3.05) is 99.5 Å². The van der Waals surface area contributed by atoms with Crippen LogP contribution in [0, 0.1) is 20.2 Å². The van der Waals surface area contributed by atoms with Gasteiger partial charge < -0.3 is 53.3 Å². The second-order valence-electron chi connectivity index (χ2n) is 27.6. The number of aryl methyl sites for hydroxylation is 2. The Bertz CT molecular complexity index is 5500. The third-order valence-corrected chi connectivity index (χ3v) is 19.5. The number of aromatic nitrogens is 4. The number of aldehydes is 1. The Balaban J connectivity index is 0.000000369. The molecule has 33 heteroatoms. The fourth-order valence-corrected chi connectivity index (χ4v) is 13.0. The summed E-state index contributed by atoms with van der Waals surface area (Å²) in [4.78, 5) is 138. The highest BCUT2D eigenvalue weighted by Crippen LogP contribution is 2.30. The molecule has 0 saturated carbocycles. The largest absolute Gasteiger partial charge is 0.460 e. The van der Waals surface area contributed by atoms with E-state index in [1.807, 2.05) is 58.6 Å². The zero-order valence-corrected chi connectivity index (χ0v) is 69.8. The van der Waals surface area contributed by atoms with Gasteiger partial charge in [-0.25, -0.2) is 28.4 Å². The molecule has 0 fully saturated rings. The number of unbranched alkanes of at least 4 members (excludes halogenated alkanes) is 6. The van der Waals surface area contributed by atoms with Crippen LogP contribution in [0.3, 0.4) is 0 Å². The molecule has 2 amide bonds. The molecule has 1 atom stereocenters. The second-order valence-corrected chi connectivity index (χ2v) is 27.6. The maximum absolute atomic E-state index is 12.8. The fraction of sp³-hybridized carbons (Fsp3) is 0.374. The summed E-state index contributed by atoms with van der Waals surface area (Å²) in [5.41, 5.74) is 6.66. The van der Waals surface area contributed by atoms with Crippen molar-refractivity contribution >= 4 is 141 Å². The van der Waals surface area contributed by atoms with Gasteiger partial charge in [0.1, 0.15) is 52.8 Å². The molecule has 0 radical (unpaired) electrons. The zero-order chi connectivity index (χ0) is 88.4. The number of aliphatic hydroxyl groups excluding tert-OH is 1. The number of nitrogens with zero attached hydrogens (tertiary/aromatic N) is 8. The first kappa shape index (κ1) is 98.2. The van der Waals surface area contributed by atoms with Gasteiger partial charge >= 0.3 is 34.6 Å². The van der Waals surface area contributed by atoms with E-state index in [1.54, 1.807) is 97.1 Å². The normalized spacial score (nSPS) is 11.5. The van der Waals surface area contributed by atoms with E-state index in [1.165, 1.54) is 30.4 Å². The Labute approximate surface area is 721 Å². The van der Waals surface area contributed by atoms with Gasteiger partial charge in [-0.05, 0) is 219 Å². The molecule has 1 unspecified atom stereocenters. The summed E-state index contributed by atoms with van der Waals surface area (Å²) in [5, 5.41) is 53.9. The zero-order valence-electron chi connectivity index (χ0n) is 69.8. The lowest BCUT2D eigenvalue weighted by Gasteiger charge is -2.20. The fourth-order valence-electron chi connectivity index (χ4n) is 13.0. The number of carbonyl (C=O) groups excluding carboxylic acids is 7. The maximum atomic E-state index is 12.8. The highest BCUT2D eigenvalue weighted by atomic mass is 31.0. The Morgan fingerprint density at radius 2 is 0.903 bits per heavy atom. The molecule has 124 heavy (non-hydrogen) atoms. The smallest absolute Gasteiger partial charge is 0.347 e. The number of ether oxygens (including phenoxy) is 4. The van der Waals surface area contributed by atoms with Gasteiger partial charge in [0.2, 0.25) is 22.8 Å². The van der Waals surface area contributed by atoms with E-state index >= 15 is 0 Å². The quantitative estimate of drug-likeness (QED) is 0.00305. The van der Waals surface area contributed by atoms with Gasteiger partial charge in [-0.2, -0.15) is 0 Å². The number of nitro groups is 2. The van der Waals surface area contributed by atoms with Crippen molar-refractivity contribution in [3.05, 3.63) is 231 Å². The number of nitro benzene ring substituents is 2. The molecule has 0 bridgehead atoms. The summed E-state index contributed by atoms with van der Waals surface area (Å²) >= 11 is 0. The summed E-state index contributed by atoms with van der Waals surface area (Å²) in [6, 6.07) is 34.5. The molecular formula is C91H109N10O22P. The number of amides is 2. The first-order valence-corrected chi connectivity index (χ1v) is 41.3. The Kier molecular flexibility index (Phi) is 42.1. The standard InChI is InChI=1S/C44H49N5O11.C44H47N5O11.CH5P.2CH4/c2*1-3-48(4-2)35-21-17-33-28-36(44(54)59-39(33)29-35)38(51)11-9-25-57-26-27-58-43(53)32(23-24-50)16-13-30-14-19-34(20-15-30)45-40(52)12-8-6-5-7-10-31-18-22-37(49(55)56)42-41(31)46-60-47-42;1-2;;/h13-23,28-29,50H,3-12,24-27H2,1-2H3,(H,45,52);13-24,28-29H,3-12,25-27H2,1-2H3,(H,45,52);2H2,1H3;2*1H4/b2*16-13+,32-23+;;;/i;;2D;;. The highest BCUT2D eigenvalue weighted by molar-refractivity contribution is 7.15. The van der Waals surface area contributed by atoms with Crippen LogP contribution in [0.15, 0.2) is 184 Å². The minimum Gasteiger partial charge on any atom is -0.460 e. The number of hydrogen-bond donors (Lipinski definition) is 3. The number of anilines is 4. The molecular weight excluding hydrogens is 1620 g/mol. The number of aliphatic hydroxyl groups is 1. The van der Waals surface area contributed by atoms with Crippen molar-refractivity contribution in [1.82, 2.24) is 20.6 Å². The molecule has 32 nitrogen and oxygen atoms in total. The number of fused-ring (bicyclic) bond motifs is 4. The third kappa shape index (κ3) is 30.3. The molecule has 0 spiro atoms. The predicted molar refractivity (Wildman–Crippen MR) is 480 cm³/mol. The van der Waals surface area contributed by atoms with Gasteiger partial charge in [-0.15, -0.1) is 9.18 Å². The van der Waals surface area contributed by atoms with E-state index in [9.17, 15) is 68.5 Å². The number of rotatable bonds is 48. The van der Waals surface area contributed by atoms with E-state index in [0.717, 1.165) is 98.8 Å². The first-order chi connectivity index (χ1) is 59.6. The number of benzene rings is 6. The number of ketones is 2. The van der Waals surface area contributed by atoms with E-state index in [4.69, 9.17) is 38.3 Å². The number of allylic oxidation sites excluding steroid dienone is 1. The van der Waals surface area contributed by atoms with Crippen molar-refractivity contribution < 1.29 is 85.6 Å². The van der Waals surface area contributed by atoms with Crippen molar-refractivity contribution in [2.45, 2.75) is 145 Å². The lowest BCUT2D eigenvalue weighted by atomic mass is 10.0. The van der Waals surface area contributed by atoms with Crippen LogP contribution in [-0.2, 0) is 55.8 Å². The van der Waals surface area contributed by atoms with E-state index < -0.39 is 33.0 Å². The average molecular weight is 1730 g/mol. The van der Waals surface area contributed by atoms with Gasteiger partial charge in [0.25, 0.3) is 0 Å². The molecule has 10 aromatic rings.